The highest BCUT2D eigenvalue weighted by atomic mass is 19.1. The van der Waals surface area contributed by atoms with Gasteiger partial charge in [-0.2, -0.15) is 5.10 Å². The van der Waals surface area contributed by atoms with Crippen LogP contribution in [-0.4, -0.2) is 34.8 Å². The van der Waals surface area contributed by atoms with E-state index in [2.05, 4.69) is 5.10 Å². The van der Waals surface area contributed by atoms with Crippen molar-refractivity contribution in [3.8, 4) is 0 Å². The lowest BCUT2D eigenvalue weighted by Gasteiger charge is -2.32. The molecule has 1 saturated heterocycles. The molecule has 0 bridgehead atoms. The van der Waals surface area contributed by atoms with Crippen molar-refractivity contribution < 1.29 is 13.7 Å². The quantitative estimate of drug-likeness (QED) is 0.766. The summed E-state index contributed by atoms with van der Waals surface area (Å²) >= 11 is 0. The minimum atomic E-state index is -0.484. The van der Waals surface area contributed by atoms with Gasteiger partial charge in [0.25, 0.3) is 0 Å². The normalized spacial score (nSPS) is 21.6. The van der Waals surface area contributed by atoms with Crippen molar-refractivity contribution in [2.75, 3.05) is 6.67 Å². The van der Waals surface area contributed by atoms with Crippen molar-refractivity contribution in [2.45, 2.75) is 52.4 Å². The van der Waals surface area contributed by atoms with Gasteiger partial charge in [0.15, 0.2) is 0 Å². The maximum absolute atomic E-state index is 12.5. The summed E-state index contributed by atoms with van der Waals surface area (Å²) in [4.78, 5) is 0. The van der Waals surface area contributed by atoms with E-state index >= 15 is 0 Å². The van der Waals surface area contributed by atoms with E-state index in [0.717, 1.165) is 11.3 Å². The number of hydrogen-bond acceptors (Lipinski definition) is 3. The third-order valence-electron chi connectivity index (χ3n) is 3.72. The molecular formula is C12H20BFN2O2. The monoisotopic (exact) mass is 254 g/mol. The fraction of sp³-hybridized carbons (Fsp3) is 0.750. The second-order valence-corrected chi connectivity index (χ2v) is 5.71. The van der Waals surface area contributed by atoms with E-state index in [1.807, 2.05) is 40.7 Å². The molecule has 1 aromatic rings. The first-order valence-electron chi connectivity index (χ1n) is 6.23. The summed E-state index contributed by atoms with van der Waals surface area (Å²) < 4.78 is 26.0. The third-order valence-corrected chi connectivity index (χ3v) is 3.72. The van der Waals surface area contributed by atoms with Crippen LogP contribution in [0, 0.1) is 6.92 Å². The zero-order valence-corrected chi connectivity index (χ0v) is 11.7. The smallest absolute Gasteiger partial charge is 0.398 e. The van der Waals surface area contributed by atoms with Crippen LogP contribution >= 0.6 is 0 Å². The number of aromatic nitrogens is 2. The maximum atomic E-state index is 12.5. The van der Waals surface area contributed by atoms with E-state index in [4.69, 9.17) is 9.31 Å². The molecule has 0 saturated carbocycles. The van der Waals surface area contributed by atoms with Crippen molar-refractivity contribution >= 4 is 12.7 Å². The number of rotatable bonds is 3. The van der Waals surface area contributed by atoms with Crippen molar-refractivity contribution in [3.05, 3.63) is 11.8 Å². The average molecular weight is 254 g/mol. The predicted molar refractivity (Wildman–Crippen MR) is 68.7 cm³/mol. The molecule has 18 heavy (non-hydrogen) atoms. The average Bonchev–Trinajstić information content (AvgIpc) is 2.67. The number of halogens is 1. The lowest BCUT2D eigenvalue weighted by atomic mass is 9.84. The minimum absolute atomic E-state index is 0.229. The van der Waals surface area contributed by atoms with E-state index < -0.39 is 25.0 Å². The molecule has 1 aliphatic heterocycles. The van der Waals surface area contributed by atoms with Crippen LogP contribution in [-0.2, 0) is 15.9 Å². The fourth-order valence-electron chi connectivity index (χ4n) is 1.98. The first kappa shape index (κ1) is 13.6. The van der Waals surface area contributed by atoms with Crippen LogP contribution in [0.1, 0.15) is 33.4 Å². The number of alkyl halides is 1. The Hall–Kier alpha value is -0.875. The Morgan fingerprint density at radius 2 is 1.83 bits per heavy atom. The highest BCUT2D eigenvalue weighted by Gasteiger charge is 2.52. The summed E-state index contributed by atoms with van der Waals surface area (Å²) in [5, 5.41) is 4.26. The van der Waals surface area contributed by atoms with Crippen molar-refractivity contribution in [1.29, 1.82) is 0 Å². The predicted octanol–water partition coefficient (Wildman–Crippen LogP) is 1.46. The largest absolute Gasteiger partial charge is 0.514 e. The van der Waals surface area contributed by atoms with E-state index in [1.165, 1.54) is 0 Å². The molecule has 100 valence electrons. The molecule has 1 fully saturated rings. The van der Waals surface area contributed by atoms with Gasteiger partial charge in [-0.15, -0.1) is 0 Å². The Morgan fingerprint density at radius 3 is 2.33 bits per heavy atom. The molecule has 6 heteroatoms. The van der Waals surface area contributed by atoms with Gasteiger partial charge in [0.05, 0.1) is 29.0 Å². The molecule has 0 spiro atoms. The molecule has 0 aromatic carbocycles. The first-order chi connectivity index (χ1) is 8.27. The van der Waals surface area contributed by atoms with Crippen molar-refractivity contribution in [2.24, 2.45) is 0 Å². The topological polar surface area (TPSA) is 36.3 Å². The van der Waals surface area contributed by atoms with Gasteiger partial charge in [0, 0.05) is 0 Å². The molecule has 0 aliphatic carbocycles. The molecule has 1 aliphatic rings. The van der Waals surface area contributed by atoms with Gasteiger partial charge in [0.2, 0.25) is 0 Å². The Bertz CT molecular complexity index is 429. The maximum Gasteiger partial charge on any atom is 0.514 e. The first-order valence-corrected chi connectivity index (χ1v) is 6.23. The highest BCUT2D eigenvalue weighted by molar-refractivity contribution is 6.61. The minimum Gasteiger partial charge on any atom is -0.398 e. The SMILES string of the molecule is Cc1cc(B2OC(C)(C)C(C)(C)O2)n(CCF)n1. The molecule has 0 atom stereocenters. The van der Waals surface area contributed by atoms with Gasteiger partial charge in [-0.25, -0.2) is 4.39 Å². The Morgan fingerprint density at radius 1 is 1.28 bits per heavy atom. The summed E-state index contributed by atoms with van der Waals surface area (Å²) in [5.41, 5.74) is 0.837. The highest BCUT2D eigenvalue weighted by Crippen LogP contribution is 2.36. The Labute approximate surface area is 108 Å². The van der Waals surface area contributed by atoms with E-state index in [0.29, 0.717) is 0 Å². The molecule has 0 unspecified atom stereocenters. The molecule has 2 heterocycles. The Kier molecular flexibility index (Phi) is 3.27. The van der Waals surface area contributed by atoms with Gasteiger partial charge in [-0.05, 0) is 40.7 Å². The third kappa shape index (κ3) is 2.19. The summed E-state index contributed by atoms with van der Waals surface area (Å²) in [7, 11) is -0.484. The lowest BCUT2D eigenvalue weighted by Crippen LogP contribution is -2.41. The van der Waals surface area contributed by atoms with Crippen LogP contribution in [0.2, 0.25) is 0 Å². The molecule has 1 aromatic heterocycles. The molecule has 0 amide bonds. The Balaban J connectivity index is 2.29. The number of hydrogen-bond donors (Lipinski definition) is 0. The van der Waals surface area contributed by atoms with Gasteiger partial charge >= 0.3 is 7.12 Å². The van der Waals surface area contributed by atoms with Crippen LogP contribution in [0.4, 0.5) is 4.39 Å². The van der Waals surface area contributed by atoms with Crippen LogP contribution < -0.4 is 5.59 Å². The van der Waals surface area contributed by atoms with E-state index in [9.17, 15) is 4.39 Å². The molecular weight excluding hydrogens is 234 g/mol. The van der Waals surface area contributed by atoms with Gasteiger partial charge in [0.1, 0.15) is 6.67 Å². The summed E-state index contributed by atoms with van der Waals surface area (Å²) in [6, 6.07) is 1.89. The summed E-state index contributed by atoms with van der Waals surface area (Å²) in [6.45, 7) is 9.64. The molecule has 0 N–H and O–H groups in total. The van der Waals surface area contributed by atoms with Gasteiger partial charge in [-0.3, -0.25) is 4.68 Å². The van der Waals surface area contributed by atoms with Crippen LogP contribution in [0.15, 0.2) is 6.07 Å². The standard InChI is InChI=1S/C12H20BFN2O2/c1-9-8-10(16(15-9)7-6-14)13-17-11(2,3)12(4,5)18-13/h8H,6-7H2,1-5H3. The second-order valence-electron chi connectivity index (χ2n) is 5.71. The molecule has 0 radical (unpaired) electrons. The zero-order valence-electron chi connectivity index (χ0n) is 11.7. The number of aryl methyl sites for hydroxylation is 2. The fourth-order valence-corrected chi connectivity index (χ4v) is 1.98. The van der Waals surface area contributed by atoms with Crippen LogP contribution in [0.25, 0.3) is 0 Å². The van der Waals surface area contributed by atoms with E-state index in [1.54, 1.807) is 4.68 Å². The summed E-state index contributed by atoms with van der Waals surface area (Å²) in [6.07, 6.45) is 0. The van der Waals surface area contributed by atoms with Crippen molar-refractivity contribution in [1.82, 2.24) is 9.78 Å². The molecule has 4 nitrogen and oxygen atoms in total. The zero-order chi connectivity index (χ0) is 13.6. The van der Waals surface area contributed by atoms with Crippen molar-refractivity contribution in [3.63, 3.8) is 0 Å². The van der Waals surface area contributed by atoms with E-state index in [-0.39, 0.29) is 6.54 Å². The van der Waals surface area contributed by atoms with Crippen LogP contribution in [0.5, 0.6) is 0 Å². The second kappa shape index (κ2) is 4.35. The van der Waals surface area contributed by atoms with Gasteiger partial charge < -0.3 is 9.31 Å². The van der Waals surface area contributed by atoms with Crippen LogP contribution in [0.3, 0.4) is 0 Å². The number of nitrogens with zero attached hydrogens (tertiary/aromatic N) is 2. The lowest BCUT2D eigenvalue weighted by molar-refractivity contribution is 0.00578. The molecule has 2 rings (SSSR count). The summed E-state index contributed by atoms with van der Waals surface area (Å²) in [5.74, 6) is 0. The van der Waals surface area contributed by atoms with Gasteiger partial charge in [-0.1, -0.05) is 0 Å².